The Hall–Kier alpha value is -5.17. The van der Waals surface area contributed by atoms with Gasteiger partial charge in [0.15, 0.2) is 0 Å². The number of carbonyl (C=O) groups is 7. The maximum Gasteiger partial charge on any atom is 0.248 e. The van der Waals surface area contributed by atoms with Crippen molar-refractivity contribution in [1.29, 1.82) is 0 Å². The molecule has 16 unspecified atom stereocenters. The Kier molecular flexibility index (Phi) is 30.5. The van der Waals surface area contributed by atoms with Crippen LogP contribution in [-0.2, 0) is 43.0 Å². The fourth-order valence-corrected chi connectivity index (χ4v) is 10.7. The molecule has 0 spiro atoms. The first-order valence-electron chi connectivity index (χ1n) is 29.5. The number of rotatable bonds is 29. The van der Waals surface area contributed by atoms with E-state index in [1.165, 1.54) is 30.7 Å². The van der Waals surface area contributed by atoms with Crippen molar-refractivity contribution in [2.75, 3.05) is 59.2 Å². The Labute approximate surface area is 486 Å². The van der Waals surface area contributed by atoms with Crippen LogP contribution in [0.15, 0.2) is 24.3 Å². The maximum atomic E-state index is 14.7. The second-order valence-electron chi connectivity index (χ2n) is 22.5. The SMILES string of the molecule is CCC(C)CC(C)CCCCCCCCC(=O)NC1CC(O)C(NCCOCCOCCN)NC(=O)C2C(O)CCN2C(=O)C(C(O)CCN)NC(=O)C(C(O)C(O)c2ccc(O)cc2)NC(=O)C2CC(O)CN2C(=O)C(C(C)O)NC1=O. The molecule has 472 valence electrons. The summed E-state index contributed by atoms with van der Waals surface area (Å²) < 4.78 is 11.0. The molecule has 3 saturated heterocycles. The van der Waals surface area contributed by atoms with Crippen LogP contribution in [0.1, 0.15) is 129 Å². The number of fused-ring (bicyclic) bond motifs is 2. The van der Waals surface area contributed by atoms with E-state index in [1.807, 2.05) is 0 Å². The highest BCUT2D eigenvalue weighted by Crippen LogP contribution is 2.27. The van der Waals surface area contributed by atoms with Crippen molar-refractivity contribution in [3.05, 3.63) is 29.8 Å². The number of aromatic hydroxyl groups is 1. The Balaban J connectivity index is 1.75. The highest BCUT2D eigenvalue weighted by atomic mass is 16.5. The zero-order valence-corrected chi connectivity index (χ0v) is 48.6. The lowest BCUT2D eigenvalue weighted by Crippen LogP contribution is -2.65. The van der Waals surface area contributed by atoms with E-state index in [0.29, 0.717) is 24.7 Å². The molecule has 1 aromatic carbocycles. The lowest BCUT2D eigenvalue weighted by Gasteiger charge is -2.35. The van der Waals surface area contributed by atoms with Gasteiger partial charge in [0.2, 0.25) is 41.4 Å². The number of carbonyl (C=O) groups excluding carboxylic acids is 7. The molecule has 3 aliphatic heterocycles. The number of nitrogens with zero attached hydrogens (tertiary/aromatic N) is 2. The van der Waals surface area contributed by atoms with Crippen LogP contribution in [0.25, 0.3) is 0 Å². The molecule has 3 heterocycles. The summed E-state index contributed by atoms with van der Waals surface area (Å²) in [5.74, 6) is -6.53. The van der Waals surface area contributed by atoms with Gasteiger partial charge in [-0.1, -0.05) is 77.8 Å². The fourth-order valence-electron chi connectivity index (χ4n) is 10.7. The molecule has 83 heavy (non-hydrogen) atoms. The van der Waals surface area contributed by atoms with E-state index in [1.54, 1.807) is 0 Å². The van der Waals surface area contributed by atoms with Gasteiger partial charge < -0.3 is 98.2 Å². The summed E-state index contributed by atoms with van der Waals surface area (Å²) in [5.41, 5.74) is 11.2. The number of amides is 7. The van der Waals surface area contributed by atoms with Crippen molar-refractivity contribution in [2.24, 2.45) is 23.3 Å². The van der Waals surface area contributed by atoms with E-state index >= 15 is 0 Å². The predicted molar refractivity (Wildman–Crippen MR) is 302 cm³/mol. The first-order valence-corrected chi connectivity index (χ1v) is 29.5. The number of nitrogens with two attached hydrogens (primary N) is 2. The van der Waals surface area contributed by atoms with E-state index in [0.717, 1.165) is 55.2 Å². The summed E-state index contributed by atoms with van der Waals surface area (Å²) >= 11 is 0. The number of phenols is 1. The van der Waals surface area contributed by atoms with Crippen molar-refractivity contribution in [3.8, 4) is 5.75 Å². The van der Waals surface area contributed by atoms with Crippen molar-refractivity contribution in [1.82, 2.24) is 41.7 Å². The summed E-state index contributed by atoms with van der Waals surface area (Å²) in [6, 6.07) is -6.53. The van der Waals surface area contributed by atoms with Gasteiger partial charge >= 0.3 is 0 Å². The van der Waals surface area contributed by atoms with Gasteiger partial charge in [-0.25, -0.2) is 0 Å². The molecule has 1 aromatic rings. The third-order valence-electron chi connectivity index (χ3n) is 15.6. The smallest absolute Gasteiger partial charge is 0.248 e. The number of aliphatic hydroxyl groups is 7. The Bertz CT molecular complexity index is 2180. The zero-order valence-electron chi connectivity index (χ0n) is 48.6. The summed E-state index contributed by atoms with van der Waals surface area (Å²) in [5, 5.41) is 105. The van der Waals surface area contributed by atoms with Crippen LogP contribution in [-0.4, -0.2) is 230 Å². The van der Waals surface area contributed by atoms with E-state index in [4.69, 9.17) is 20.9 Å². The number of nitrogens with one attached hydrogen (secondary N) is 6. The van der Waals surface area contributed by atoms with Crippen molar-refractivity contribution >= 4 is 41.4 Å². The zero-order chi connectivity index (χ0) is 61.3. The number of hydrogen-bond acceptors (Lipinski definition) is 20. The first kappa shape index (κ1) is 70.3. The van der Waals surface area contributed by atoms with Gasteiger partial charge in [0.1, 0.15) is 60.4 Å². The number of phenolic OH excluding ortho intramolecular Hbond substituents is 1. The third kappa shape index (κ3) is 22.0. The monoisotopic (exact) mass is 1180 g/mol. The van der Waals surface area contributed by atoms with Gasteiger partial charge in [0, 0.05) is 45.4 Å². The van der Waals surface area contributed by atoms with Gasteiger partial charge in [0.05, 0.1) is 56.9 Å². The van der Waals surface area contributed by atoms with Crippen LogP contribution in [0.2, 0.25) is 0 Å². The summed E-state index contributed by atoms with van der Waals surface area (Å²) in [7, 11) is 0. The Morgan fingerprint density at radius 3 is 1.98 bits per heavy atom. The second kappa shape index (κ2) is 36.0. The lowest BCUT2D eigenvalue weighted by atomic mass is 9.91. The fraction of sp³-hybridized carbons (Fsp3) is 0.768. The highest BCUT2D eigenvalue weighted by molar-refractivity contribution is 5.98. The molecule has 0 saturated carbocycles. The minimum atomic E-state index is -2.29. The van der Waals surface area contributed by atoms with Gasteiger partial charge in [-0.05, 0) is 68.7 Å². The van der Waals surface area contributed by atoms with E-state index in [2.05, 4.69) is 52.7 Å². The van der Waals surface area contributed by atoms with Crippen LogP contribution in [0.4, 0.5) is 0 Å². The van der Waals surface area contributed by atoms with Crippen LogP contribution < -0.4 is 43.4 Å². The molecule has 0 aliphatic carbocycles. The number of benzene rings is 1. The molecule has 16 atom stereocenters. The molecule has 7 amide bonds. The second-order valence-corrected chi connectivity index (χ2v) is 22.5. The van der Waals surface area contributed by atoms with Crippen molar-refractivity contribution < 1.29 is 83.9 Å². The van der Waals surface area contributed by atoms with Gasteiger partial charge in [-0.15, -0.1) is 0 Å². The molecular formula is C56H96N10O17. The third-order valence-corrected chi connectivity index (χ3v) is 15.6. The maximum absolute atomic E-state index is 14.7. The largest absolute Gasteiger partial charge is 0.508 e. The predicted octanol–water partition coefficient (Wildman–Crippen LogP) is -3.28. The molecule has 18 N–H and O–H groups in total. The molecule has 27 nitrogen and oxygen atoms in total. The molecular weight excluding hydrogens is 1080 g/mol. The number of unbranched alkanes of at least 4 members (excludes halogenated alkanes) is 5. The molecule has 3 fully saturated rings. The molecule has 0 radical (unpaired) electrons. The average molecular weight is 1180 g/mol. The molecule has 0 bridgehead atoms. The molecule has 27 heteroatoms. The van der Waals surface area contributed by atoms with Crippen LogP contribution >= 0.6 is 0 Å². The van der Waals surface area contributed by atoms with Crippen LogP contribution in [0.3, 0.4) is 0 Å². The Morgan fingerprint density at radius 2 is 1.33 bits per heavy atom. The minimum Gasteiger partial charge on any atom is -0.508 e. The number of aliphatic hydroxyl groups excluding tert-OH is 7. The quantitative estimate of drug-likeness (QED) is 0.0350. The van der Waals surface area contributed by atoms with E-state index in [9.17, 15) is 74.4 Å². The molecule has 4 rings (SSSR count). The highest BCUT2D eigenvalue weighted by Gasteiger charge is 2.49. The standard InChI is InChI=1S/C56H96N10O17/c1-5-32(2)28-33(3)12-10-8-6-7-9-11-13-43(73)60-38-30-42(72)50(59-22-25-83-27-26-82-24-21-58)64-54(79)47-41(71)19-23-65(47)56(81)45(40(70)18-20-57)62-53(78)46(49(75)48(74)35-14-16-36(68)17-15-35)63-52(77)39-29-37(69)31-66(39)55(80)44(34(4)67)61-51(38)76/h14-17,32-34,37-42,44-50,59,67-72,74-75H,5-13,18-31,57-58H2,1-4H3,(H,60,73)(H,61,76)(H,62,78)(H,63,77)(H,64,79). The van der Waals surface area contributed by atoms with Gasteiger partial charge in [-0.3, -0.25) is 38.9 Å². The summed E-state index contributed by atoms with van der Waals surface area (Å²) in [6.07, 6.45) is -7.29. The Morgan fingerprint density at radius 1 is 0.699 bits per heavy atom. The number of ether oxygens (including phenoxy) is 2. The van der Waals surface area contributed by atoms with E-state index < -0.39 is 146 Å². The van der Waals surface area contributed by atoms with Crippen LogP contribution in [0, 0.1) is 11.8 Å². The molecule has 0 aromatic heterocycles. The number of hydrogen-bond donors (Lipinski definition) is 16. The van der Waals surface area contributed by atoms with Crippen molar-refractivity contribution in [2.45, 2.75) is 203 Å². The van der Waals surface area contributed by atoms with E-state index in [-0.39, 0.29) is 83.2 Å². The van der Waals surface area contributed by atoms with Gasteiger partial charge in [-0.2, -0.15) is 0 Å². The summed E-state index contributed by atoms with van der Waals surface area (Å²) in [6.45, 7) is 7.58. The van der Waals surface area contributed by atoms with Crippen LogP contribution in [0.5, 0.6) is 5.75 Å². The first-order chi connectivity index (χ1) is 39.5. The topological polar surface area (TPSA) is 430 Å². The lowest BCUT2D eigenvalue weighted by molar-refractivity contribution is -0.148. The molecule has 3 aliphatic rings. The van der Waals surface area contributed by atoms with Gasteiger partial charge in [0.25, 0.3) is 0 Å². The average Bonchev–Trinajstić information content (AvgIpc) is 3.58. The van der Waals surface area contributed by atoms with Crippen molar-refractivity contribution in [3.63, 3.8) is 0 Å². The summed E-state index contributed by atoms with van der Waals surface area (Å²) in [4.78, 5) is 103. The minimum absolute atomic E-state index is 0.0243. The normalized spacial score (nSPS) is 27.4.